The Bertz CT molecular complexity index is 5800. The van der Waals surface area contributed by atoms with E-state index in [9.17, 15) is 0 Å². The molecule has 4 nitrogen and oxygen atoms in total. The fourth-order valence-electron chi connectivity index (χ4n) is 19.5. The third-order valence-electron chi connectivity index (χ3n) is 24.6. The van der Waals surface area contributed by atoms with Crippen molar-refractivity contribution >= 4 is 176 Å². The van der Waals surface area contributed by atoms with E-state index in [0.717, 1.165) is 126 Å². The molecule has 20 aromatic carbocycles. The fraction of sp³-hybridized carbons (Fsp3) is 0. The van der Waals surface area contributed by atoms with Crippen molar-refractivity contribution in [3.05, 3.63) is 485 Å². The molecule has 0 aliphatic heterocycles. The Labute approximate surface area is 739 Å². The van der Waals surface area contributed by atoms with Crippen molar-refractivity contribution in [3.8, 4) is 45.3 Å². The molecule has 10 heteroatoms. The first kappa shape index (κ1) is 81.0. The molecule has 0 saturated heterocycles. The molecule has 0 aromatic heterocycles. The molecule has 20 rings (SSSR count). The summed E-state index contributed by atoms with van der Waals surface area (Å²) in [4.78, 5) is 0. The molecule has 0 heterocycles. The molecule has 0 saturated carbocycles. The van der Waals surface area contributed by atoms with Crippen molar-refractivity contribution in [1.82, 2.24) is 0 Å². The van der Waals surface area contributed by atoms with Crippen LogP contribution in [0.15, 0.2) is 485 Å². The third-order valence-corrected chi connectivity index (χ3v) is 43.7. The van der Waals surface area contributed by atoms with Crippen LogP contribution in [-0.4, -0.2) is 49.7 Å². The molecular weight excluding hydrogens is 1560 g/mol. The first-order valence-electron chi connectivity index (χ1n) is 40.9. The molecule has 122 heavy (non-hydrogen) atoms. The van der Waals surface area contributed by atoms with Crippen LogP contribution in [0.2, 0.25) is 0 Å². The number of fused-ring (bicyclic) bond motifs is 4. The van der Waals surface area contributed by atoms with Crippen LogP contribution in [0.5, 0.6) is 23.0 Å². The molecule has 0 atom stereocenters. The van der Waals surface area contributed by atoms with Gasteiger partial charge in [0.1, 0.15) is 0 Å². The van der Waals surface area contributed by atoms with E-state index in [4.69, 9.17) is 0 Å². The van der Waals surface area contributed by atoms with E-state index in [1.807, 2.05) is 146 Å². The van der Waals surface area contributed by atoms with Gasteiger partial charge in [-0.1, -0.05) is 506 Å². The summed E-state index contributed by atoms with van der Waals surface area (Å²) >= 11 is 0. The molecule has 0 N–H and O–H groups in total. The maximum atomic E-state index is 16.4. The van der Waals surface area contributed by atoms with Crippen molar-refractivity contribution in [1.29, 1.82) is 0 Å². The second-order valence-electron chi connectivity index (χ2n) is 30.8. The standard InChI is InChI=1S/2C56H42O2Si2.Al.Li/c2*57-55-51(59(43-25-7-1-8-26-43,44-27-9-2-10-28-44)45-29-11-3-12-30-45)39-41-23-19-21-37-49(41)53(55)54-50-38-22-20-24-42(50)40-52(56(54)58)60(46-31-13-4-14-32-46,47-33-15-5-16-34-47)48-35-17-6-18-36-48;;/h2*1-40,57-58H;;/q;;+3;+1/p-4. The predicted octanol–water partition coefficient (Wildman–Crippen LogP) is 9.75. The minimum absolute atomic E-state index is 0. The van der Waals surface area contributed by atoms with E-state index in [1.165, 1.54) is 0 Å². The Morgan fingerprint density at radius 1 is 0.139 bits per heavy atom. The summed E-state index contributed by atoms with van der Waals surface area (Å²) in [6.45, 7) is 0. The summed E-state index contributed by atoms with van der Waals surface area (Å²) in [6.07, 6.45) is 0. The Morgan fingerprint density at radius 3 is 0.369 bits per heavy atom. The maximum absolute atomic E-state index is 16.4. The van der Waals surface area contributed by atoms with Crippen LogP contribution in [0.4, 0.5) is 0 Å². The first-order chi connectivity index (χ1) is 59.3. The molecule has 0 bridgehead atoms. The largest absolute Gasteiger partial charge is 3.00 e. The van der Waals surface area contributed by atoms with Crippen LogP contribution < -0.4 is 122 Å². The molecule has 20 aromatic rings. The fourth-order valence-corrected chi connectivity index (χ4v) is 38.9. The topological polar surface area (TPSA) is 92.2 Å². The molecule has 0 unspecified atom stereocenters. The van der Waals surface area contributed by atoms with Gasteiger partial charge in [-0.15, -0.1) is 23.0 Å². The maximum Gasteiger partial charge on any atom is 3.00 e. The molecular formula is C112H80AlLiO4Si4. The Morgan fingerprint density at radius 2 is 0.246 bits per heavy atom. The van der Waals surface area contributed by atoms with E-state index in [0.29, 0.717) is 22.3 Å². The van der Waals surface area contributed by atoms with Crippen molar-refractivity contribution < 1.29 is 39.3 Å². The predicted molar refractivity (Wildman–Crippen MR) is 512 cm³/mol. The minimum Gasteiger partial charge on any atom is -0.872 e. The van der Waals surface area contributed by atoms with Gasteiger partial charge in [-0.2, -0.15) is 0 Å². The van der Waals surface area contributed by atoms with Crippen LogP contribution in [0.1, 0.15) is 0 Å². The smallest absolute Gasteiger partial charge is 0.872 e. The van der Waals surface area contributed by atoms with Gasteiger partial charge < -0.3 is 20.4 Å². The average molecular weight is 1640 g/mol. The zero-order valence-corrected chi connectivity index (χ0v) is 72.6. The first-order valence-corrected chi connectivity index (χ1v) is 48.9. The van der Waals surface area contributed by atoms with Crippen molar-refractivity contribution in [2.75, 3.05) is 0 Å². The Kier molecular flexibility index (Phi) is 23.3. The van der Waals surface area contributed by atoms with Crippen LogP contribution >= 0.6 is 0 Å². The number of benzene rings is 20. The van der Waals surface area contributed by atoms with Crippen molar-refractivity contribution in [2.24, 2.45) is 0 Å². The van der Waals surface area contributed by atoms with Crippen LogP contribution in [-0.2, 0) is 0 Å². The van der Waals surface area contributed by atoms with Gasteiger partial charge in [0, 0.05) is 0 Å². The second-order valence-corrected chi connectivity index (χ2v) is 45.9. The van der Waals surface area contributed by atoms with Crippen LogP contribution in [0.25, 0.3) is 65.3 Å². The normalized spacial score (nSPS) is 11.6. The molecule has 0 fully saturated rings. The van der Waals surface area contributed by atoms with Gasteiger partial charge >= 0.3 is 36.2 Å². The summed E-state index contributed by atoms with van der Waals surface area (Å²) in [5.41, 5.74) is 1.84. The molecule has 572 valence electrons. The Balaban J connectivity index is 0.000000171. The number of rotatable bonds is 18. The third kappa shape index (κ3) is 13.7. The minimum atomic E-state index is -3.32. The van der Waals surface area contributed by atoms with Crippen LogP contribution in [0.3, 0.4) is 0 Å². The number of hydrogen-bond acceptors (Lipinski definition) is 4. The van der Waals surface area contributed by atoms with Gasteiger partial charge in [-0.05, 0) is 128 Å². The van der Waals surface area contributed by atoms with Gasteiger partial charge in [0.2, 0.25) is 0 Å². The summed E-state index contributed by atoms with van der Waals surface area (Å²) in [5, 5.41) is 88.6. The van der Waals surface area contributed by atoms with E-state index in [2.05, 4.69) is 340 Å². The van der Waals surface area contributed by atoms with Gasteiger partial charge in [0.25, 0.3) is 0 Å². The zero-order valence-electron chi connectivity index (χ0n) is 67.4. The molecule has 0 radical (unpaired) electrons. The quantitative estimate of drug-likeness (QED) is 0.0633. The molecule has 0 aliphatic rings. The summed E-state index contributed by atoms with van der Waals surface area (Å²) in [6, 6.07) is 167. The summed E-state index contributed by atoms with van der Waals surface area (Å²) < 4.78 is 0. The van der Waals surface area contributed by atoms with E-state index in [1.54, 1.807) is 0 Å². The molecule has 0 spiro atoms. The van der Waals surface area contributed by atoms with Crippen LogP contribution in [0, 0.1) is 0 Å². The van der Waals surface area contributed by atoms with Crippen molar-refractivity contribution in [3.63, 3.8) is 0 Å². The van der Waals surface area contributed by atoms with Gasteiger partial charge in [-0.3, -0.25) is 0 Å². The van der Waals surface area contributed by atoms with E-state index < -0.39 is 32.3 Å². The molecule has 0 aliphatic carbocycles. The zero-order chi connectivity index (χ0) is 81.0. The van der Waals surface area contributed by atoms with Gasteiger partial charge in [0.15, 0.2) is 32.3 Å². The average Bonchev–Trinajstić information content (AvgIpc) is 0.706. The van der Waals surface area contributed by atoms with E-state index >= 15 is 20.4 Å². The monoisotopic (exact) mass is 1630 g/mol. The van der Waals surface area contributed by atoms with Gasteiger partial charge in [0.05, 0.1) is 0 Å². The van der Waals surface area contributed by atoms with Crippen molar-refractivity contribution in [2.45, 2.75) is 0 Å². The second kappa shape index (κ2) is 35.1. The summed E-state index contributed by atoms with van der Waals surface area (Å²) in [7, 11) is -13.3. The Hall–Kier alpha value is -13.4. The molecule has 0 amide bonds. The van der Waals surface area contributed by atoms with E-state index in [-0.39, 0.29) is 59.2 Å². The van der Waals surface area contributed by atoms with Gasteiger partial charge in [-0.25, -0.2) is 0 Å². The SMILES string of the molecule is [Al+3].[Li+].[O-]c1c([Si](c2ccccc2)(c2ccccc2)c2ccccc2)cc2ccccc2c1-c1c([O-])c([Si](c2ccccc2)(c2ccccc2)c2ccccc2)cc2ccccc12.[O-]c1c([Si](c2ccccc2)(c2ccccc2)c2ccccc2)cc2ccccc2c1-c1c([O-])c([Si](c2ccccc2)(c2ccccc2)c2ccccc2)cc2ccccc12. The summed E-state index contributed by atoms with van der Waals surface area (Å²) in [5.74, 6) is -0.434. The number of hydrogen-bond donors (Lipinski definition) is 0.